The number of amides is 1. The number of carbonyl (C=O) groups excluding carboxylic acids is 1. The Hall–Kier alpha value is -2.53. The molecular formula is C19H22N2O3. The SMILES string of the molecule is Cc1cccc(OCC(O)CN2CCC(=O)Nc3ccccc32)c1. The third-order valence-corrected chi connectivity index (χ3v) is 3.99. The van der Waals surface area contributed by atoms with Crippen LogP contribution in [0.5, 0.6) is 5.75 Å². The fourth-order valence-electron chi connectivity index (χ4n) is 2.82. The molecule has 0 saturated heterocycles. The Morgan fingerprint density at radius 1 is 1.25 bits per heavy atom. The van der Waals surface area contributed by atoms with Gasteiger partial charge in [0.1, 0.15) is 18.5 Å². The quantitative estimate of drug-likeness (QED) is 0.886. The molecule has 24 heavy (non-hydrogen) atoms. The zero-order valence-corrected chi connectivity index (χ0v) is 13.7. The highest BCUT2D eigenvalue weighted by Crippen LogP contribution is 2.28. The Kier molecular flexibility index (Phi) is 5.01. The van der Waals surface area contributed by atoms with E-state index in [1.807, 2.05) is 60.4 Å². The van der Waals surface area contributed by atoms with Crippen LogP contribution >= 0.6 is 0 Å². The van der Waals surface area contributed by atoms with Gasteiger partial charge in [0.15, 0.2) is 0 Å². The number of aliphatic hydroxyl groups is 1. The van der Waals surface area contributed by atoms with E-state index in [-0.39, 0.29) is 12.5 Å². The molecule has 0 fully saturated rings. The minimum Gasteiger partial charge on any atom is -0.491 e. The number of aliphatic hydroxyl groups excluding tert-OH is 1. The van der Waals surface area contributed by atoms with Gasteiger partial charge in [0.05, 0.1) is 11.4 Å². The van der Waals surface area contributed by atoms with Gasteiger partial charge in [0.25, 0.3) is 0 Å². The summed E-state index contributed by atoms with van der Waals surface area (Å²) in [6.07, 6.45) is -0.244. The third-order valence-electron chi connectivity index (χ3n) is 3.99. The molecule has 2 N–H and O–H groups in total. The molecule has 1 aliphatic rings. The Bertz CT molecular complexity index is 717. The summed E-state index contributed by atoms with van der Waals surface area (Å²) in [6.45, 7) is 3.20. The van der Waals surface area contributed by atoms with Gasteiger partial charge in [-0.15, -0.1) is 0 Å². The van der Waals surface area contributed by atoms with Crippen molar-refractivity contribution in [3.63, 3.8) is 0 Å². The van der Waals surface area contributed by atoms with E-state index in [1.54, 1.807) is 0 Å². The number of benzene rings is 2. The molecule has 3 rings (SSSR count). The molecule has 1 atom stereocenters. The van der Waals surface area contributed by atoms with Crippen LogP contribution in [0.1, 0.15) is 12.0 Å². The Balaban J connectivity index is 1.63. The number of anilines is 2. The number of ether oxygens (including phenoxy) is 1. The summed E-state index contributed by atoms with van der Waals surface area (Å²) in [7, 11) is 0. The van der Waals surface area contributed by atoms with Crippen LogP contribution in [0.3, 0.4) is 0 Å². The maximum Gasteiger partial charge on any atom is 0.226 e. The first kappa shape index (κ1) is 16.3. The highest BCUT2D eigenvalue weighted by Gasteiger charge is 2.21. The molecule has 1 heterocycles. The molecule has 0 saturated carbocycles. The molecule has 1 aliphatic heterocycles. The molecule has 0 aliphatic carbocycles. The number of fused-ring (bicyclic) bond motifs is 1. The predicted molar refractivity (Wildman–Crippen MR) is 94.6 cm³/mol. The lowest BCUT2D eigenvalue weighted by molar-refractivity contribution is -0.116. The lowest BCUT2D eigenvalue weighted by Crippen LogP contribution is -2.36. The van der Waals surface area contributed by atoms with Crippen molar-refractivity contribution in [2.75, 3.05) is 29.9 Å². The monoisotopic (exact) mass is 326 g/mol. The van der Waals surface area contributed by atoms with E-state index in [9.17, 15) is 9.90 Å². The van der Waals surface area contributed by atoms with E-state index in [0.717, 1.165) is 22.7 Å². The van der Waals surface area contributed by atoms with Crippen LogP contribution in [0.25, 0.3) is 0 Å². The molecule has 1 amide bonds. The van der Waals surface area contributed by atoms with Crippen LogP contribution in [0, 0.1) is 6.92 Å². The Morgan fingerprint density at radius 3 is 2.92 bits per heavy atom. The Morgan fingerprint density at radius 2 is 2.08 bits per heavy atom. The molecule has 0 radical (unpaired) electrons. The summed E-state index contributed by atoms with van der Waals surface area (Å²) in [5.74, 6) is 0.748. The largest absolute Gasteiger partial charge is 0.491 e. The fourth-order valence-corrected chi connectivity index (χ4v) is 2.82. The lowest BCUT2D eigenvalue weighted by Gasteiger charge is -2.26. The molecule has 0 aromatic heterocycles. The molecular weight excluding hydrogens is 304 g/mol. The van der Waals surface area contributed by atoms with E-state index < -0.39 is 6.10 Å². The molecule has 5 heteroatoms. The summed E-state index contributed by atoms with van der Waals surface area (Å²) in [5, 5.41) is 13.2. The lowest BCUT2D eigenvalue weighted by atomic mass is 10.2. The number of nitrogens with zero attached hydrogens (tertiary/aromatic N) is 1. The minimum absolute atomic E-state index is 0.00421. The number of carbonyl (C=O) groups is 1. The molecule has 0 spiro atoms. The highest BCUT2D eigenvalue weighted by atomic mass is 16.5. The number of aryl methyl sites for hydroxylation is 1. The maximum absolute atomic E-state index is 11.8. The number of hydrogen-bond acceptors (Lipinski definition) is 4. The van der Waals surface area contributed by atoms with E-state index in [1.165, 1.54) is 0 Å². The average Bonchev–Trinajstić information content (AvgIpc) is 2.72. The van der Waals surface area contributed by atoms with Crippen molar-refractivity contribution in [2.45, 2.75) is 19.4 Å². The van der Waals surface area contributed by atoms with E-state index >= 15 is 0 Å². The molecule has 126 valence electrons. The predicted octanol–water partition coefficient (Wildman–Crippen LogP) is 2.58. The van der Waals surface area contributed by atoms with Gasteiger partial charge in [-0.3, -0.25) is 4.79 Å². The van der Waals surface area contributed by atoms with Crippen LogP contribution in [0.4, 0.5) is 11.4 Å². The second-order valence-electron chi connectivity index (χ2n) is 6.04. The number of nitrogens with one attached hydrogen (secondary N) is 1. The zero-order chi connectivity index (χ0) is 16.9. The van der Waals surface area contributed by atoms with Gasteiger partial charge >= 0.3 is 0 Å². The van der Waals surface area contributed by atoms with Crippen LogP contribution in [-0.2, 0) is 4.79 Å². The van der Waals surface area contributed by atoms with Crippen molar-refractivity contribution < 1.29 is 14.6 Å². The molecule has 5 nitrogen and oxygen atoms in total. The van der Waals surface area contributed by atoms with Crippen LogP contribution in [0.2, 0.25) is 0 Å². The molecule has 2 aromatic carbocycles. The number of rotatable bonds is 5. The maximum atomic E-state index is 11.8. The first-order chi connectivity index (χ1) is 11.6. The summed E-state index contributed by atoms with van der Waals surface area (Å²) in [5.41, 5.74) is 2.83. The van der Waals surface area contributed by atoms with Gasteiger partial charge in [0.2, 0.25) is 5.91 Å². The van der Waals surface area contributed by atoms with Gasteiger partial charge in [0, 0.05) is 19.5 Å². The van der Waals surface area contributed by atoms with E-state index in [4.69, 9.17) is 4.74 Å². The topological polar surface area (TPSA) is 61.8 Å². The van der Waals surface area contributed by atoms with Crippen molar-refractivity contribution in [3.8, 4) is 5.75 Å². The molecule has 2 aromatic rings. The van der Waals surface area contributed by atoms with Gasteiger partial charge in [-0.2, -0.15) is 0 Å². The fraction of sp³-hybridized carbons (Fsp3) is 0.316. The van der Waals surface area contributed by atoms with Crippen LogP contribution in [-0.4, -0.2) is 36.8 Å². The van der Waals surface area contributed by atoms with Gasteiger partial charge in [-0.25, -0.2) is 0 Å². The number of hydrogen-bond donors (Lipinski definition) is 2. The minimum atomic E-state index is -0.647. The highest BCUT2D eigenvalue weighted by molar-refractivity contribution is 5.96. The van der Waals surface area contributed by atoms with Crippen molar-refractivity contribution in [3.05, 3.63) is 54.1 Å². The van der Waals surface area contributed by atoms with Gasteiger partial charge in [-0.05, 0) is 36.8 Å². The molecule has 1 unspecified atom stereocenters. The van der Waals surface area contributed by atoms with Gasteiger partial charge < -0.3 is 20.1 Å². The van der Waals surface area contributed by atoms with Crippen LogP contribution in [0.15, 0.2) is 48.5 Å². The first-order valence-electron chi connectivity index (χ1n) is 8.13. The van der Waals surface area contributed by atoms with Crippen molar-refractivity contribution in [2.24, 2.45) is 0 Å². The number of β-amino-alcohol motifs (C(OH)–C–C–N with tert-alkyl or cyclic N) is 1. The van der Waals surface area contributed by atoms with Crippen molar-refractivity contribution >= 4 is 17.3 Å². The summed E-state index contributed by atoms with van der Waals surface area (Å²) in [4.78, 5) is 13.8. The smallest absolute Gasteiger partial charge is 0.226 e. The van der Waals surface area contributed by atoms with Gasteiger partial charge in [-0.1, -0.05) is 24.3 Å². The Labute approximate surface area is 141 Å². The summed E-state index contributed by atoms with van der Waals surface area (Å²) in [6, 6.07) is 15.4. The first-order valence-corrected chi connectivity index (χ1v) is 8.13. The second kappa shape index (κ2) is 7.36. The van der Waals surface area contributed by atoms with E-state index in [0.29, 0.717) is 19.5 Å². The van der Waals surface area contributed by atoms with E-state index in [2.05, 4.69) is 5.32 Å². The average molecular weight is 326 g/mol. The second-order valence-corrected chi connectivity index (χ2v) is 6.04. The zero-order valence-electron chi connectivity index (χ0n) is 13.7. The van der Waals surface area contributed by atoms with Crippen molar-refractivity contribution in [1.82, 2.24) is 0 Å². The normalized spacial score (nSPS) is 15.2. The summed E-state index contributed by atoms with van der Waals surface area (Å²) >= 11 is 0. The van der Waals surface area contributed by atoms with Crippen LogP contribution < -0.4 is 15.0 Å². The number of para-hydroxylation sites is 2. The third kappa shape index (κ3) is 4.06. The summed E-state index contributed by atoms with van der Waals surface area (Å²) < 4.78 is 5.67. The standard InChI is InChI=1S/C19H22N2O3/c1-14-5-4-6-16(11-14)24-13-15(22)12-21-10-9-19(23)20-17-7-2-3-8-18(17)21/h2-8,11,15,22H,9-10,12-13H2,1H3,(H,20,23). The van der Waals surface area contributed by atoms with Crippen molar-refractivity contribution in [1.29, 1.82) is 0 Å². The molecule has 0 bridgehead atoms.